The molecule has 4 heterocycles. The Morgan fingerprint density at radius 3 is 2.68 bits per heavy atom. The van der Waals surface area contributed by atoms with Crippen molar-refractivity contribution in [1.82, 2.24) is 15.1 Å². The first-order chi connectivity index (χ1) is 13.5. The first-order valence-corrected chi connectivity index (χ1v) is 9.60. The summed E-state index contributed by atoms with van der Waals surface area (Å²) in [5, 5.41) is 17.6. The maximum Gasteiger partial charge on any atom is 0.318 e. The average Bonchev–Trinajstić information content (AvgIpc) is 3.33. The highest BCUT2D eigenvalue weighted by Gasteiger charge is 2.52. The summed E-state index contributed by atoms with van der Waals surface area (Å²) in [7, 11) is 0. The van der Waals surface area contributed by atoms with E-state index in [4.69, 9.17) is 9.15 Å². The number of aromatic hydroxyl groups is 1. The molecule has 1 unspecified atom stereocenters. The van der Waals surface area contributed by atoms with Gasteiger partial charge < -0.3 is 19.2 Å². The van der Waals surface area contributed by atoms with E-state index in [1.807, 2.05) is 4.90 Å². The first kappa shape index (κ1) is 17.8. The molecule has 1 N–H and O–H groups in total. The smallest absolute Gasteiger partial charge is 0.318 e. The Balaban J connectivity index is 1.17. The Morgan fingerprint density at radius 2 is 1.96 bits per heavy atom. The van der Waals surface area contributed by atoms with Gasteiger partial charge in [-0.3, -0.25) is 4.90 Å². The molecule has 3 saturated heterocycles. The molecule has 7 nitrogen and oxygen atoms in total. The van der Waals surface area contributed by atoms with Crippen LogP contribution in [0.3, 0.4) is 0 Å². The van der Waals surface area contributed by atoms with Crippen LogP contribution in [-0.2, 0) is 4.74 Å². The van der Waals surface area contributed by atoms with Gasteiger partial charge in [0.2, 0.25) is 6.39 Å². The third kappa shape index (κ3) is 3.02. The number of ether oxygens (including phenoxy) is 1. The van der Waals surface area contributed by atoms with Crippen molar-refractivity contribution in [3.05, 3.63) is 35.7 Å². The van der Waals surface area contributed by atoms with E-state index in [1.165, 1.54) is 12.5 Å². The number of anilines is 1. The molecule has 0 radical (unpaired) electrons. The van der Waals surface area contributed by atoms with Crippen LogP contribution < -0.4 is 4.90 Å². The minimum Gasteiger partial charge on any atom is -0.505 e. The molecule has 3 aliphatic rings. The number of phenols is 1. The zero-order chi connectivity index (χ0) is 19.3. The lowest BCUT2D eigenvalue weighted by molar-refractivity contribution is -0.0216. The van der Waals surface area contributed by atoms with Gasteiger partial charge in [-0.05, 0) is 44.3 Å². The van der Waals surface area contributed by atoms with E-state index in [0.717, 1.165) is 51.5 Å². The molecule has 1 spiro atoms. The second-order valence-electron chi connectivity index (χ2n) is 8.07. The summed E-state index contributed by atoms with van der Waals surface area (Å²) in [4.78, 5) is 4.41. The summed E-state index contributed by atoms with van der Waals surface area (Å²) in [6.07, 6.45) is 3.79. The SMILES string of the molecule is Oc1c(F)cc(F)cc1C1CCN(C2COC3(C2)CN(c2nnco2)C3)CC1. The Hall–Kier alpha value is -2.26. The van der Waals surface area contributed by atoms with Crippen LogP contribution in [-0.4, -0.2) is 64.6 Å². The number of rotatable bonds is 3. The third-order valence-corrected chi connectivity index (χ3v) is 6.31. The van der Waals surface area contributed by atoms with Crippen LogP contribution >= 0.6 is 0 Å². The minimum atomic E-state index is -0.889. The number of likely N-dealkylation sites (tertiary alicyclic amines) is 1. The lowest BCUT2D eigenvalue weighted by atomic mass is 9.86. The molecule has 1 aromatic carbocycles. The number of piperidine rings is 1. The molecular weight excluding hydrogens is 370 g/mol. The summed E-state index contributed by atoms with van der Waals surface area (Å²) < 4.78 is 38.5. The van der Waals surface area contributed by atoms with E-state index >= 15 is 0 Å². The van der Waals surface area contributed by atoms with Crippen LogP contribution in [0.4, 0.5) is 14.8 Å². The molecule has 3 fully saturated rings. The van der Waals surface area contributed by atoms with Crippen molar-refractivity contribution in [3.8, 4) is 5.75 Å². The van der Waals surface area contributed by atoms with E-state index in [9.17, 15) is 13.9 Å². The Kier molecular flexibility index (Phi) is 4.24. The number of hydrogen-bond acceptors (Lipinski definition) is 7. The van der Waals surface area contributed by atoms with Crippen LogP contribution in [0.1, 0.15) is 30.7 Å². The van der Waals surface area contributed by atoms with E-state index in [1.54, 1.807) is 0 Å². The van der Waals surface area contributed by atoms with Crippen LogP contribution in [0.25, 0.3) is 0 Å². The molecule has 2 aromatic rings. The maximum absolute atomic E-state index is 13.6. The highest BCUT2D eigenvalue weighted by molar-refractivity contribution is 5.37. The summed E-state index contributed by atoms with van der Waals surface area (Å²) in [6, 6.07) is 2.84. The van der Waals surface area contributed by atoms with Crippen molar-refractivity contribution in [2.75, 3.05) is 37.7 Å². The molecule has 28 heavy (non-hydrogen) atoms. The molecule has 0 aliphatic carbocycles. The summed E-state index contributed by atoms with van der Waals surface area (Å²) in [5.41, 5.74) is 0.227. The predicted molar refractivity (Wildman–Crippen MR) is 95.2 cm³/mol. The highest BCUT2D eigenvalue weighted by Crippen LogP contribution is 2.41. The number of phenolic OH excluding ortho intramolecular Hbond substituents is 1. The molecule has 150 valence electrons. The number of benzene rings is 1. The zero-order valence-corrected chi connectivity index (χ0v) is 15.4. The van der Waals surface area contributed by atoms with Gasteiger partial charge in [-0.15, -0.1) is 5.10 Å². The van der Waals surface area contributed by atoms with E-state index in [2.05, 4.69) is 15.1 Å². The summed E-state index contributed by atoms with van der Waals surface area (Å²) in [5.74, 6) is -1.98. The molecule has 3 aliphatic heterocycles. The van der Waals surface area contributed by atoms with Crippen molar-refractivity contribution in [2.24, 2.45) is 0 Å². The monoisotopic (exact) mass is 392 g/mol. The maximum atomic E-state index is 13.6. The van der Waals surface area contributed by atoms with E-state index < -0.39 is 17.4 Å². The lowest BCUT2D eigenvalue weighted by Crippen LogP contribution is -2.62. The van der Waals surface area contributed by atoms with Crippen molar-refractivity contribution in [3.63, 3.8) is 0 Å². The fraction of sp³-hybridized carbons (Fsp3) is 0.579. The van der Waals surface area contributed by atoms with Gasteiger partial charge in [0.1, 0.15) is 11.4 Å². The Bertz CT molecular complexity index is 849. The molecule has 1 atom stereocenters. The quantitative estimate of drug-likeness (QED) is 0.859. The average molecular weight is 392 g/mol. The minimum absolute atomic E-state index is 0.0329. The van der Waals surface area contributed by atoms with Gasteiger partial charge >= 0.3 is 6.01 Å². The highest BCUT2D eigenvalue weighted by atomic mass is 19.1. The fourth-order valence-electron chi connectivity index (χ4n) is 4.84. The van der Waals surface area contributed by atoms with Crippen molar-refractivity contribution < 1.29 is 23.0 Å². The van der Waals surface area contributed by atoms with Gasteiger partial charge in [-0.1, -0.05) is 5.10 Å². The standard InChI is InChI=1S/C19H22F2N4O3/c20-13-5-15(17(26)16(21)6-13)12-1-3-24(4-2-12)14-7-19(28-8-14)9-25(10-19)18-23-22-11-27-18/h5-6,11-12,14,26H,1-4,7-10H2. The van der Waals surface area contributed by atoms with Gasteiger partial charge in [-0.2, -0.15) is 0 Å². The van der Waals surface area contributed by atoms with Gasteiger partial charge in [-0.25, -0.2) is 8.78 Å². The Labute approximate surface area is 160 Å². The fourth-order valence-corrected chi connectivity index (χ4v) is 4.84. The van der Waals surface area contributed by atoms with E-state index in [0.29, 0.717) is 24.2 Å². The van der Waals surface area contributed by atoms with Crippen LogP contribution in [0.15, 0.2) is 22.9 Å². The van der Waals surface area contributed by atoms with Crippen molar-refractivity contribution in [2.45, 2.75) is 36.8 Å². The molecule has 0 saturated carbocycles. The van der Waals surface area contributed by atoms with Crippen LogP contribution in [0.2, 0.25) is 0 Å². The molecular formula is C19H22F2N4O3. The second kappa shape index (κ2) is 6.66. The summed E-state index contributed by atoms with van der Waals surface area (Å²) >= 11 is 0. The van der Waals surface area contributed by atoms with Crippen LogP contribution in [0.5, 0.6) is 5.75 Å². The topological polar surface area (TPSA) is 74.9 Å². The number of hydrogen-bond donors (Lipinski definition) is 1. The van der Waals surface area contributed by atoms with Gasteiger partial charge in [0.05, 0.1) is 19.7 Å². The lowest BCUT2D eigenvalue weighted by Gasteiger charge is -2.46. The molecule has 5 rings (SSSR count). The third-order valence-electron chi connectivity index (χ3n) is 6.31. The first-order valence-electron chi connectivity index (χ1n) is 9.60. The van der Waals surface area contributed by atoms with Crippen LogP contribution in [0, 0.1) is 11.6 Å². The predicted octanol–water partition coefficient (Wildman–Crippen LogP) is 2.28. The van der Waals surface area contributed by atoms with Gasteiger partial charge in [0.25, 0.3) is 0 Å². The Morgan fingerprint density at radius 1 is 1.18 bits per heavy atom. The number of aromatic nitrogens is 2. The van der Waals surface area contributed by atoms with Gasteiger partial charge in [0.15, 0.2) is 11.6 Å². The van der Waals surface area contributed by atoms with E-state index in [-0.39, 0.29) is 11.5 Å². The largest absolute Gasteiger partial charge is 0.505 e. The van der Waals surface area contributed by atoms with Crippen molar-refractivity contribution in [1.29, 1.82) is 0 Å². The zero-order valence-electron chi connectivity index (χ0n) is 15.4. The molecule has 1 aromatic heterocycles. The second-order valence-corrected chi connectivity index (χ2v) is 8.07. The molecule has 9 heteroatoms. The number of halogens is 2. The number of nitrogens with zero attached hydrogens (tertiary/aromatic N) is 4. The molecule has 0 amide bonds. The molecule has 0 bridgehead atoms. The normalized spacial score (nSPS) is 25.4. The summed E-state index contributed by atoms with van der Waals surface area (Å²) in [6.45, 7) is 3.82. The van der Waals surface area contributed by atoms with Gasteiger partial charge in [0, 0.05) is 17.7 Å². The van der Waals surface area contributed by atoms with Crippen molar-refractivity contribution >= 4 is 6.01 Å².